The number of hydrogen-bond donors (Lipinski definition) is 0. The van der Waals surface area contributed by atoms with E-state index in [-0.39, 0.29) is 0 Å². The van der Waals surface area contributed by atoms with Crippen molar-refractivity contribution in [1.29, 1.82) is 5.26 Å². The molecule has 0 unspecified atom stereocenters. The summed E-state index contributed by atoms with van der Waals surface area (Å²) in [5.41, 5.74) is 1.37. The molecule has 0 spiro atoms. The summed E-state index contributed by atoms with van der Waals surface area (Å²) < 4.78 is 2.36. The summed E-state index contributed by atoms with van der Waals surface area (Å²) in [5.74, 6) is 0. The van der Waals surface area contributed by atoms with Crippen LogP contribution in [0.1, 0.15) is 70.4 Å². The van der Waals surface area contributed by atoms with Crippen LogP contribution in [0.2, 0.25) is 0 Å². The molecule has 0 saturated heterocycles. The van der Waals surface area contributed by atoms with Crippen molar-refractivity contribution in [3.63, 3.8) is 0 Å². The molecule has 1 aromatic heterocycles. The number of unbranched alkanes of at least 4 members (excludes halogenated alkanes) is 8. The van der Waals surface area contributed by atoms with E-state index in [1.165, 1.54) is 70.0 Å². The predicted molar refractivity (Wildman–Crippen MR) is 83.6 cm³/mol. The second kappa shape index (κ2) is 14.1. The molecule has 0 fully saturated rings. The van der Waals surface area contributed by atoms with E-state index >= 15 is 0 Å². The monoisotopic (exact) mass is 274 g/mol. The normalized spacial score (nSPS) is 9.80. The molecule has 0 bridgehead atoms. The minimum atomic E-state index is 1.18. The summed E-state index contributed by atoms with van der Waals surface area (Å²) in [5, 5.41) is 6.25. The van der Waals surface area contributed by atoms with Gasteiger partial charge in [-0.25, -0.2) is 4.57 Å². The van der Waals surface area contributed by atoms with Crippen LogP contribution < -0.4 is 4.57 Å². The largest absolute Gasteiger partial charge is 0.512 e. The van der Waals surface area contributed by atoms with Crippen LogP contribution in [0.4, 0.5) is 0 Å². The molecule has 0 aromatic carbocycles. The molecule has 2 nitrogen and oxygen atoms in total. The van der Waals surface area contributed by atoms with Gasteiger partial charge in [0.25, 0.3) is 0 Å². The summed E-state index contributed by atoms with van der Waals surface area (Å²) in [6.07, 6.45) is 14.9. The zero-order valence-corrected chi connectivity index (χ0v) is 13.3. The van der Waals surface area contributed by atoms with Gasteiger partial charge in [-0.2, -0.15) is 0 Å². The van der Waals surface area contributed by atoms with Crippen molar-refractivity contribution >= 4 is 0 Å². The Morgan fingerprint density at radius 1 is 0.900 bits per heavy atom. The molecular formula is C18H30N2. The van der Waals surface area contributed by atoms with E-state index in [2.05, 4.69) is 42.8 Å². The van der Waals surface area contributed by atoms with Crippen molar-refractivity contribution in [3.8, 4) is 0 Å². The standard InChI is InChI=1S/C17H30N.CN/c1-3-4-5-6-7-8-9-10-12-15-18-16-13-11-14-17(18)2;1-2/h11,13-14,16H,3-10,12,15H2,1-2H3;/q+1;-1. The van der Waals surface area contributed by atoms with Crippen molar-refractivity contribution in [2.24, 2.45) is 0 Å². The number of nitrogens with zero attached hydrogens (tertiary/aromatic N) is 2. The van der Waals surface area contributed by atoms with Crippen molar-refractivity contribution in [1.82, 2.24) is 0 Å². The average molecular weight is 274 g/mol. The Labute approximate surface area is 125 Å². The van der Waals surface area contributed by atoms with Gasteiger partial charge < -0.3 is 11.8 Å². The summed E-state index contributed by atoms with van der Waals surface area (Å²) >= 11 is 0. The molecule has 112 valence electrons. The van der Waals surface area contributed by atoms with Gasteiger partial charge in [0.2, 0.25) is 0 Å². The highest BCUT2D eigenvalue weighted by Crippen LogP contribution is 2.09. The molecule has 1 rings (SSSR count). The molecule has 1 aromatic rings. The maximum atomic E-state index is 6.25. The summed E-state index contributed by atoms with van der Waals surface area (Å²) in [4.78, 5) is 0. The van der Waals surface area contributed by atoms with E-state index in [1.54, 1.807) is 0 Å². The molecule has 20 heavy (non-hydrogen) atoms. The number of aryl methyl sites for hydroxylation is 2. The maximum Gasteiger partial charge on any atom is 0.178 e. The van der Waals surface area contributed by atoms with Crippen LogP contribution in [-0.2, 0) is 6.54 Å². The second-order valence-corrected chi connectivity index (χ2v) is 5.36. The van der Waals surface area contributed by atoms with Crippen LogP contribution in [0.3, 0.4) is 0 Å². The lowest BCUT2D eigenvalue weighted by Gasteiger charge is -2.02. The molecule has 0 radical (unpaired) electrons. The Balaban J connectivity index is 0.00000172. The van der Waals surface area contributed by atoms with Crippen molar-refractivity contribution in [3.05, 3.63) is 36.7 Å². The van der Waals surface area contributed by atoms with Gasteiger partial charge in [0.15, 0.2) is 11.9 Å². The van der Waals surface area contributed by atoms with E-state index in [1.807, 2.05) is 0 Å². The Kier molecular flexibility index (Phi) is 13.1. The average Bonchev–Trinajstić information content (AvgIpc) is 2.49. The minimum Gasteiger partial charge on any atom is -0.512 e. The Morgan fingerprint density at radius 2 is 1.45 bits per heavy atom. The highest BCUT2D eigenvalue weighted by Gasteiger charge is 2.02. The Hall–Kier alpha value is -1.36. The fraction of sp³-hybridized carbons (Fsp3) is 0.667. The van der Waals surface area contributed by atoms with Crippen molar-refractivity contribution in [2.75, 3.05) is 0 Å². The lowest BCUT2D eigenvalue weighted by Crippen LogP contribution is -2.36. The van der Waals surface area contributed by atoms with Crippen LogP contribution in [-0.4, -0.2) is 0 Å². The van der Waals surface area contributed by atoms with Crippen molar-refractivity contribution in [2.45, 2.75) is 78.2 Å². The first kappa shape index (κ1) is 18.6. The van der Waals surface area contributed by atoms with Crippen LogP contribution >= 0.6 is 0 Å². The van der Waals surface area contributed by atoms with Crippen molar-refractivity contribution < 1.29 is 4.57 Å². The third kappa shape index (κ3) is 9.55. The molecule has 0 N–H and O–H groups in total. The summed E-state index contributed by atoms with van der Waals surface area (Å²) in [7, 11) is 0. The molecule has 0 aliphatic rings. The van der Waals surface area contributed by atoms with E-state index in [0.717, 1.165) is 0 Å². The zero-order valence-electron chi connectivity index (χ0n) is 13.3. The number of aromatic nitrogens is 1. The zero-order chi connectivity index (χ0) is 15.1. The quantitative estimate of drug-likeness (QED) is 0.338. The first-order valence-electron chi connectivity index (χ1n) is 8.02. The molecule has 0 atom stereocenters. The molecule has 0 aliphatic heterocycles. The predicted octanol–water partition coefficient (Wildman–Crippen LogP) is 4.91. The molecular weight excluding hydrogens is 244 g/mol. The van der Waals surface area contributed by atoms with Crippen LogP contribution in [0.25, 0.3) is 0 Å². The number of hydrogen-bond acceptors (Lipinski definition) is 1. The summed E-state index contributed by atoms with van der Waals surface area (Å²) in [6, 6.07) is 6.43. The first-order chi connectivity index (χ1) is 9.84. The Morgan fingerprint density at radius 3 is 2.00 bits per heavy atom. The SMILES string of the molecule is CCCCCCCCCCC[n+]1ccccc1C.[C-]#N. The number of pyridine rings is 1. The first-order valence-corrected chi connectivity index (χ1v) is 8.02. The molecule has 0 amide bonds. The second-order valence-electron chi connectivity index (χ2n) is 5.36. The van der Waals surface area contributed by atoms with Gasteiger partial charge in [-0.3, -0.25) is 0 Å². The maximum absolute atomic E-state index is 6.25. The van der Waals surface area contributed by atoms with Gasteiger partial charge in [-0.15, -0.1) is 0 Å². The fourth-order valence-electron chi connectivity index (χ4n) is 2.41. The third-order valence-corrected chi connectivity index (χ3v) is 3.67. The molecule has 2 heteroatoms. The van der Waals surface area contributed by atoms with Gasteiger partial charge in [-0.05, 0) is 6.42 Å². The minimum absolute atomic E-state index is 1.18. The smallest absolute Gasteiger partial charge is 0.178 e. The third-order valence-electron chi connectivity index (χ3n) is 3.67. The lowest BCUT2D eigenvalue weighted by molar-refractivity contribution is -0.703. The molecule has 0 aliphatic carbocycles. The van der Waals surface area contributed by atoms with Gasteiger partial charge in [0.05, 0.1) is 0 Å². The van der Waals surface area contributed by atoms with E-state index in [0.29, 0.717) is 0 Å². The van der Waals surface area contributed by atoms with E-state index in [9.17, 15) is 0 Å². The van der Waals surface area contributed by atoms with Gasteiger partial charge in [0, 0.05) is 25.5 Å². The van der Waals surface area contributed by atoms with Gasteiger partial charge in [-0.1, -0.05) is 57.9 Å². The Bertz CT molecular complexity index is 344. The van der Waals surface area contributed by atoms with Crippen LogP contribution in [0, 0.1) is 18.8 Å². The highest BCUT2D eigenvalue weighted by molar-refractivity contribution is 4.93. The molecule has 1 heterocycles. The fourth-order valence-corrected chi connectivity index (χ4v) is 2.41. The van der Waals surface area contributed by atoms with E-state index in [4.69, 9.17) is 11.8 Å². The summed E-state index contributed by atoms with van der Waals surface area (Å²) in [6.45, 7) is 10.4. The lowest BCUT2D eigenvalue weighted by atomic mass is 10.1. The van der Waals surface area contributed by atoms with Gasteiger partial charge in [0.1, 0.15) is 6.54 Å². The highest BCUT2D eigenvalue weighted by atomic mass is 14.9. The number of rotatable bonds is 10. The van der Waals surface area contributed by atoms with Gasteiger partial charge >= 0.3 is 0 Å². The van der Waals surface area contributed by atoms with E-state index < -0.39 is 0 Å². The molecule has 0 saturated carbocycles. The topological polar surface area (TPSA) is 27.7 Å². The van der Waals surface area contributed by atoms with Crippen LogP contribution in [0.5, 0.6) is 0 Å². The van der Waals surface area contributed by atoms with Crippen LogP contribution in [0.15, 0.2) is 24.4 Å².